The molecule has 144 valence electrons. The third kappa shape index (κ3) is 3.95. The van der Waals surface area contributed by atoms with Gasteiger partial charge in [0.1, 0.15) is 0 Å². The average molecular weight is 482 g/mol. The van der Waals surface area contributed by atoms with Crippen LogP contribution >= 0.6 is 24.0 Å². The van der Waals surface area contributed by atoms with Crippen molar-refractivity contribution in [3.8, 4) is 0 Å². The third-order valence-electron chi connectivity index (χ3n) is 5.31. The molecule has 0 saturated carbocycles. The smallest absolute Gasteiger partial charge is 0.0485 e. The Morgan fingerprint density at radius 1 is 0.857 bits per heavy atom. The summed E-state index contributed by atoms with van der Waals surface area (Å²) in [7, 11) is 0. The number of benzene rings is 2. The van der Waals surface area contributed by atoms with Gasteiger partial charge in [0.25, 0.3) is 0 Å². The van der Waals surface area contributed by atoms with Crippen molar-refractivity contribution < 1.29 is 0 Å². The lowest BCUT2D eigenvalue weighted by atomic mass is 9.93. The Kier molecular flexibility index (Phi) is 6.79. The summed E-state index contributed by atoms with van der Waals surface area (Å²) in [4.78, 5) is 4.59. The molecule has 0 radical (unpaired) electrons. The van der Waals surface area contributed by atoms with E-state index in [2.05, 4.69) is 115 Å². The Balaban J connectivity index is 0.00000225. The van der Waals surface area contributed by atoms with E-state index in [1.165, 1.54) is 28.1 Å². The SMILES string of the molecule is CCN1C=C/C(=C\C=C\C2C=CN(CC)c3ccccc32)c2ccccc21.I. The molecule has 2 aliphatic heterocycles. The topological polar surface area (TPSA) is 6.48 Å². The van der Waals surface area contributed by atoms with E-state index < -0.39 is 0 Å². The number of para-hydroxylation sites is 2. The standard InChI is InChI=1S/C25H26N2.HI/c1-3-26-18-16-20(22-12-5-7-14-24(22)26)10-9-11-21-17-19-27(4-2)25-15-8-6-13-23(21)25;/h5-20H,3-4H2,1-2H3;1H/b10-9+,21-11+;. The first-order valence-electron chi connectivity index (χ1n) is 9.78. The van der Waals surface area contributed by atoms with E-state index in [1.807, 2.05) is 0 Å². The van der Waals surface area contributed by atoms with Crippen LogP contribution in [0, 0.1) is 0 Å². The van der Waals surface area contributed by atoms with Gasteiger partial charge in [-0.25, -0.2) is 0 Å². The van der Waals surface area contributed by atoms with E-state index in [4.69, 9.17) is 0 Å². The van der Waals surface area contributed by atoms with Crippen molar-refractivity contribution in [2.24, 2.45) is 0 Å². The molecule has 0 spiro atoms. The quantitative estimate of drug-likeness (QED) is 0.446. The van der Waals surface area contributed by atoms with Gasteiger partial charge in [-0.15, -0.1) is 24.0 Å². The maximum atomic E-state index is 2.30. The summed E-state index contributed by atoms with van der Waals surface area (Å²) in [5.41, 5.74) is 6.52. The van der Waals surface area contributed by atoms with Gasteiger partial charge in [0.15, 0.2) is 0 Å². The number of rotatable bonds is 4. The predicted molar refractivity (Wildman–Crippen MR) is 132 cm³/mol. The molecular formula is C25H27IN2. The van der Waals surface area contributed by atoms with Crippen molar-refractivity contribution in [1.29, 1.82) is 0 Å². The van der Waals surface area contributed by atoms with E-state index >= 15 is 0 Å². The molecule has 4 rings (SSSR count). The summed E-state index contributed by atoms with van der Waals surface area (Å²) in [6.07, 6.45) is 15.6. The molecule has 0 aromatic heterocycles. The maximum absolute atomic E-state index is 2.30. The van der Waals surface area contributed by atoms with Gasteiger partial charge in [-0.3, -0.25) is 0 Å². The molecule has 0 fully saturated rings. The highest BCUT2D eigenvalue weighted by atomic mass is 127. The monoisotopic (exact) mass is 482 g/mol. The number of anilines is 2. The fourth-order valence-corrected chi connectivity index (χ4v) is 3.86. The number of allylic oxidation sites excluding steroid dienone is 6. The van der Waals surface area contributed by atoms with Crippen molar-refractivity contribution in [2.45, 2.75) is 19.8 Å². The Hall–Kier alpha value is -2.27. The van der Waals surface area contributed by atoms with E-state index in [9.17, 15) is 0 Å². The van der Waals surface area contributed by atoms with Crippen LogP contribution in [0.3, 0.4) is 0 Å². The van der Waals surface area contributed by atoms with Crippen LogP contribution in [0.1, 0.15) is 30.9 Å². The average Bonchev–Trinajstić information content (AvgIpc) is 2.74. The minimum absolute atomic E-state index is 0. The molecule has 0 aliphatic carbocycles. The Morgan fingerprint density at radius 2 is 1.54 bits per heavy atom. The summed E-state index contributed by atoms with van der Waals surface area (Å²) in [5, 5.41) is 0. The number of halogens is 1. The minimum Gasteiger partial charge on any atom is -0.348 e. The molecule has 28 heavy (non-hydrogen) atoms. The second kappa shape index (κ2) is 9.28. The van der Waals surface area contributed by atoms with Gasteiger partial charge in [0.05, 0.1) is 0 Å². The van der Waals surface area contributed by atoms with Crippen LogP contribution in [0.5, 0.6) is 0 Å². The summed E-state index contributed by atoms with van der Waals surface area (Å²) < 4.78 is 0. The molecule has 0 amide bonds. The highest BCUT2D eigenvalue weighted by Gasteiger charge is 2.17. The molecule has 2 aromatic rings. The van der Waals surface area contributed by atoms with Crippen LogP contribution < -0.4 is 9.80 Å². The largest absolute Gasteiger partial charge is 0.348 e. The fourth-order valence-electron chi connectivity index (χ4n) is 3.86. The van der Waals surface area contributed by atoms with Crippen molar-refractivity contribution in [3.05, 3.63) is 102 Å². The van der Waals surface area contributed by atoms with Crippen LogP contribution in [-0.4, -0.2) is 13.1 Å². The highest BCUT2D eigenvalue weighted by Crippen LogP contribution is 2.35. The molecule has 1 atom stereocenters. The van der Waals surface area contributed by atoms with Gasteiger partial charge in [-0.05, 0) is 43.2 Å². The number of hydrogen-bond donors (Lipinski definition) is 0. The van der Waals surface area contributed by atoms with Crippen molar-refractivity contribution in [1.82, 2.24) is 0 Å². The molecule has 0 saturated heterocycles. The van der Waals surface area contributed by atoms with E-state index in [0.717, 1.165) is 13.1 Å². The van der Waals surface area contributed by atoms with Gasteiger partial charge in [-0.2, -0.15) is 0 Å². The van der Waals surface area contributed by atoms with Gasteiger partial charge < -0.3 is 9.80 Å². The zero-order valence-electron chi connectivity index (χ0n) is 16.5. The first kappa shape index (κ1) is 20.5. The van der Waals surface area contributed by atoms with Crippen LogP contribution in [0.4, 0.5) is 11.4 Å². The zero-order valence-corrected chi connectivity index (χ0v) is 18.8. The second-order valence-corrected chi connectivity index (χ2v) is 6.84. The number of nitrogens with zero attached hydrogens (tertiary/aromatic N) is 2. The molecule has 2 aliphatic rings. The van der Waals surface area contributed by atoms with E-state index in [1.54, 1.807) is 0 Å². The van der Waals surface area contributed by atoms with Gasteiger partial charge >= 0.3 is 0 Å². The van der Waals surface area contributed by atoms with Crippen molar-refractivity contribution in [2.75, 3.05) is 22.9 Å². The van der Waals surface area contributed by atoms with Crippen molar-refractivity contribution in [3.63, 3.8) is 0 Å². The lowest BCUT2D eigenvalue weighted by Gasteiger charge is -2.28. The Bertz CT molecular complexity index is 939. The molecular weight excluding hydrogens is 455 g/mol. The second-order valence-electron chi connectivity index (χ2n) is 6.84. The molecule has 2 nitrogen and oxygen atoms in total. The summed E-state index contributed by atoms with van der Waals surface area (Å²) in [5.74, 6) is 0.316. The Morgan fingerprint density at radius 3 is 2.32 bits per heavy atom. The van der Waals surface area contributed by atoms with Crippen molar-refractivity contribution >= 4 is 40.9 Å². The summed E-state index contributed by atoms with van der Waals surface area (Å²) in [6, 6.07) is 17.3. The molecule has 1 unspecified atom stereocenters. The van der Waals surface area contributed by atoms with Crippen LogP contribution in [0.25, 0.3) is 5.57 Å². The zero-order chi connectivity index (χ0) is 18.6. The van der Waals surface area contributed by atoms with E-state index in [0.29, 0.717) is 5.92 Å². The third-order valence-corrected chi connectivity index (χ3v) is 5.31. The predicted octanol–water partition coefficient (Wildman–Crippen LogP) is 6.74. The number of fused-ring (bicyclic) bond motifs is 2. The van der Waals surface area contributed by atoms with Gasteiger partial charge in [0.2, 0.25) is 0 Å². The lowest BCUT2D eigenvalue weighted by Crippen LogP contribution is -2.20. The number of hydrogen-bond acceptors (Lipinski definition) is 2. The maximum Gasteiger partial charge on any atom is 0.0485 e. The van der Waals surface area contributed by atoms with Gasteiger partial charge in [-0.1, -0.05) is 60.7 Å². The Labute approximate surface area is 185 Å². The molecule has 2 aromatic carbocycles. The van der Waals surface area contributed by atoms with Gasteiger partial charge in [0, 0.05) is 48.3 Å². The van der Waals surface area contributed by atoms with E-state index in [-0.39, 0.29) is 24.0 Å². The normalized spacial score (nSPS) is 18.9. The summed E-state index contributed by atoms with van der Waals surface area (Å²) in [6.45, 7) is 6.34. The van der Waals surface area contributed by atoms with Crippen LogP contribution in [-0.2, 0) is 0 Å². The van der Waals surface area contributed by atoms with Crippen LogP contribution in [0.15, 0.2) is 91.3 Å². The molecule has 0 N–H and O–H groups in total. The summed E-state index contributed by atoms with van der Waals surface area (Å²) >= 11 is 0. The van der Waals surface area contributed by atoms with Crippen LogP contribution in [0.2, 0.25) is 0 Å². The first-order chi connectivity index (χ1) is 13.3. The fraction of sp³-hybridized carbons (Fsp3) is 0.200. The molecule has 2 heterocycles. The lowest BCUT2D eigenvalue weighted by molar-refractivity contribution is 0.934. The molecule has 3 heteroatoms. The minimum atomic E-state index is 0. The molecule has 0 bridgehead atoms. The highest BCUT2D eigenvalue weighted by molar-refractivity contribution is 14.0. The first-order valence-corrected chi connectivity index (χ1v) is 9.78.